The number of hydrogen-bond acceptors (Lipinski definition) is 2. The fourth-order valence-electron chi connectivity index (χ4n) is 1.68. The predicted octanol–water partition coefficient (Wildman–Crippen LogP) is 6.22. The summed E-state index contributed by atoms with van der Waals surface area (Å²) in [6.45, 7) is 6.36. The standard InChI is InChI=1S/C14H12Br2ClIN2/c1-14(2,3)11-10(18)12(17)20-13(19-11)7-4-5-8(15)9(16)6-7/h4-6H,1-3H3. The van der Waals surface area contributed by atoms with Gasteiger partial charge in [0.25, 0.3) is 0 Å². The van der Waals surface area contributed by atoms with Crippen molar-refractivity contribution in [2.75, 3.05) is 0 Å². The smallest absolute Gasteiger partial charge is 0.161 e. The van der Waals surface area contributed by atoms with Crippen LogP contribution in [-0.4, -0.2) is 9.97 Å². The van der Waals surface area contributed by atoms with Crippen LogP contribution in [0.1, 0.15) is 26.5 Å². The molecule has 0 aliphatic heterocycles. The van der Waals surface area contributed by atoms with Gasteiger partial charge in [-0.1, -0.05) is 32.4 Å². The molecule has 1 heterocycles. The number of aromatic nitrogens is 2. The Morgan fingerprint density at radius 2 is 1.75 bits per heavy atom. The van der Waals surface area contributed by atoms with Crippen molar-refractivity contribution in [3.63, 3.8) is 0 Å². The first-order chi connectivity index (χ1) is 9.20. The van der Waals surface area contributed by atoms with Gasteiger partial charge < -0.3 is 0 Å². The molecule has 0 fully saturated rings. The van der Waals surface area contributed by atoms with Gasteiger partial charge in [0.15, 0.2) is 5.82 Å². The normalized spacial score (nSPS) is 11.8. The summed E-state index contributed by atoms with van der Waals surface area (Å²) >= 11 is 15.4. The van der Waals surface area contributed by atoms with Crippen molar-refractivity contribution in [1.29, 1.82) is 0 Å². The Balaban J connectivity index is 2.63. The second kappa shape index (κ2) is 6.18. The summed E-state index contributed by atoms with van der Waals surface area (Å²) in [5, 5.41) is 0.500. The summed E-state index contributed by atoms with van der Waals surface area (Å²) in [6, 6.07) is 5.92. The zero-order valence-corrected chi connectivity index (χ0v) is 17.2. The van der Waals surface area contributed by atoms with Crippen LogP contribution in [0.3, 0.4) is 0 Å². The van der Waals surface area contributed by atoms with Crippen LogP contribution in [0.5, 0.6) is 0 Å². The molecule has 106 valence electrons. The van der Waals surface area contributed by atoms with Crippen LogP contribution in [0.15, 0.2) is 27.1 Å². The van der Waals surface area contributed by atoms with Gasteiger partial charge in [-0.15, -0.1) is 0 Å². The Kier molecular flexibility index (Phi) is 5.15. The molecule has 0 saturated heterocycles. The monoisotopic (exact) mass is 528 g/mol. The first-order valence-corrected chi connectivity index (χ1v) is 8.93. The fourth-order valence-corrected chi connectivity index (χ4v) is 3.53. The van der Waals surface area contributed by atoms with Crippen molar-refractivity contribution in [3.05, 3.63) is 41.6 Å². The second-order valence-electron chi connectivity index (χ2n) is 5.38. The molecular formula is C14H12Br2ClIN2. The molecule has 0 radical (unpaired) electrons. The molecule has 1 aromatic heterocycles. The van der Waals surface area contributed by atoms with E-state index in [1.54, 1.807) is 0 Å². The Labute approximate surface area is 154 Å². The van der Waals surface area contributed by atoms with Crippen LogP contribution in [0.4, 0.5) is 0 Å². The highest BCUT2D eigenvalue weighted by atomic mass is 127. The lowest BCUT2D eigenvalue weighted by Gasteiger charge is -2.20. The minimum absolute atomic E-state index is 0.0789. The SMILES string of the molecule is CC(C)(C)c1nc(-c2ccc(Br)c(Br)c2)nc(Cl)c1I. The summed E-state index contributed by atoms with van der Waals surface area (Å²) in [7, 11) is 0. The maximum absolute atomic E-state index is 6.27. The van der Waals surface area contributed by atoms with Gasteiger partial charge in [0, 0.05) is 19.9 Å². The number of nitrogens with zero attached hydrogens (tertiary/aromatic N) is 2. The molecule has 2 rings (SSSR count). The van der Waals surface area contributed by atoms with Crippen molar-refractivity contribution >= 4 is 66.1 Å². The van der Waals surface area contributed by atoms with E-state index in [1.807, 2.05) is 18.2 Å². The van der Waals surface area contributed by atoms with E-state index in [1.165, 1.54) is 0 Å². The van der Waals surface area contributed by atoms with Crippen molar-refractivity contribution in [2.24, 2.45) is 0 Å². The van der Waals surface area contributed by atoms with Crippen LogP contribution >= 0.6 is 66.1 Å². The van der Waals surface area contributed by atoms with Crippen molar-refractivity contribution in [2.45, 2.75) is 26.2 Å². The third kappa shape index (κ3) is 3.54. The van der Waals surface area contributed by atoms with Crippen LogP contribution < -0.4 is 0 Å². The molecule has 20 heavy (non-hydrogen) atoms. The van der Waals surface area contributed by atoms with Gasteiger partial charge in [0.1, 0.15) is 5.15 Å². The first-order valence-electron chi connectivity index (χ1n) is 5.89. The quantitative estimate of drug-likeness (QED) is 0.323. The maximum atomic E-state index is 6.27. The van der Waals surface area contributed by atoms with Crippen molar-refractivity contribution in [1.82, 2.24) is 9.97 Å². The minimum Gasteiger partial charge on any atom is -0.231 e. The molecule has 1 aromatic carbocycles. The van der Waals surface area contributed by atoms with Gasteiger partial charge >= 0.3 is 0 Å². The Morgan fingerprint density at radius 1 is 1.10 bits per heavy atom. The molecule has 0 atom stereocenters. The maximum Gasteiger partial charge on any atom is 0.161 e. The zero-order chi connectivity index (χ0) is 15.1. The third-order valence-corrected chi connectivity index (χ3v) is 6.19. The molecular weight excluding hydrogens is 518 g/mol. The molecule has 0 saturated carbocycles. The molecule has 0 amide bonds. The van der Waals surface area contributed by atoms with E-state index in [0.717, 1.165) is 23.8 Å². The summed E-state index contributed by atoms with van der Waals surface area (Å²) < 4.78 is 2.87. The largest absolute Gasteiger partial charge is 0.231 e. The predicted molar refractivity (Wildman–Crippen MR) is 99.3 cm³/mol. The Bertz CT molecular complexity index is 669. The second-order valence-corrected chi connectivity index (χ2v) is 8.52. The third-order valence-electron chi connectivity index (χ3n) is 2.70. The molecule has 0 aliphatic rings. The van der Waals surface area contributed by atoms with E-state index in [4.69, 9.17) is 16.6 Å². The average Bonchev–Trinajstić information content (AvgIpc) is 2.34. The van der Waals surface area contributed by atoms with E-state index in [9.17, 15) is 0 Å². The lowest BCUT2D eigenvalue weighted by atomic mass is 9.92. The lowest BCUT2D eigenvalue weighted by molar-refractivity contribution is 0.563. The summed E-state index contributed by atoms with van der Waals surface area (Å²) in [4.78, 5) is 9.10. The lowest BCUT2D eigenvalue weighted by Crippen LogP contribution is -2.17. The van der Waals surface area contributed by atoms with Crippen LogP contribution in [0, 0.1) is 3.57 Å². The van der Waals surface area contributed by atoms with E-state index < -0.39 is 0 Å². The molecule has 0 spiro atoms. The fraction of sp³-hybridized carbons (Fsp3) is 0.286. The van der Waals surface area contributed by atoms with Crippen molar-refractivity contribution in [3.8, 4) is 11.4 Å². The molecule has 0 unspecified atom stereocenters. The highest BCUT2D eigenvalue weighted by Crippen LogP contribution is 2.33. The molecule has 0 bridgehead atoms. The Morgan fingerprint density at radius 3 is 2.30 bits per heavy atom. The van der Waals surface area contributed by atoms with E-state index in [-0.39, 0.29) is 5.41 Å². The van der Waals surface area contributed by atoms with Crippen molar-refractivity contribution < 1.29 is 0 Å². The number of benzene rings is 1. The van der Waals surface area contributed by atoms with Crippen LogP contribution in [-0.2, 0) is 5.41 Å². The van der Waals surface area contributed by atoms with Crippen LogP contribution in [0.2, 0.25) is 5.15 Å². The molecule has 2 nitrogen and oxygen atoms in total. The molecule has 2 aromatic rings. The highest BCUT2D eigenvalue weighted by Gasteiger charge is 2.23. The highest BCUT2D eigenvalue weighted by molar-refractivity contribution is 14.1. The summed E-state index contributed by atoms with van der Waals surface area (Å²) in [6.07, 6.45) is 0. The number of hydrogen-bond donors (Lipinski definition) is 0. The van der Waals surface area contributed by atoms with Gasteiger partial charge in [-0.05, 0) is 72.6 Å². The van der Waals surface area contributed by atoms with Gasteiger partial charge in [0.2, 0.25) is 0 Å². The first kappa shape index (κ1) is 16.6. The van der Waals surface area contributed by atoms with Gasteiger partial charge in [-0.3, -0.25) is 0 Å². The number of halogens is 4. The summed E-state index contributed by atoms with van der Waals surface area (Å²) in [5.74, 6) is 0.647. The molecule has 6 heteroatoms. The Hall–Kier alpha value is 0.280. The topological polar surface area (TPSA) is 25.8 Å². The number of rotatable bonds is 1. The average molecular weight is 530 g/mol. The van der Waals surface area contributed by atoms with E-state index in [2.05, 4.69) is 80.2 Å². The molecule has 0 N–H and O–H groups in total. The van der Waals surface area contributed by atoms with Gasteiger partial charge in [0.05, 0.1) is 9.26 Å². The van der Waals surface area contributed by atoms with E-state index in [0.29, 0.717) is 11.0 Å². The summed E-state index contributed by atoms with van der Waals surface area (Å²) in [5.41, 5.74) is 1.82. The van der Waals surface area contributed by atoms with E-state index >= 15 is 0 Å². The van der Waals surface area contributed by atoms with Crippen LogP contribution in [0.25, 0.3) is 11.4 Å². The zero-order valence-electron chi connectivity index (χ0n) is 11.1. The van der Waals surface area contributed by atoms with Gasteiger partial charge in [-0.25, -0.2) is 9.97 Å². The van der Waals surface area contributed by atoms with Gasteiger partial charge in [-0.2, -0.15) is 0 Å². The molecule has 0 aliphatic carbocycles. The minimum atomic E-state index is -0.0789.